The molecule has 0 N–H and O–H groups in total. The molecule has 0 saturated heterocycles. The van der Waals surface area contributed by atoms with Gasteiger partial charge in [-0.3, -0.25) is 10.1 Å². The molecule has 4 nitrogen and oxygen atoms in total. The van der Waals surface area contributed by atoms with E-state index in [4.69, 9.17) is 40.1 Å². The molecule has 2 aromatic carbocycles. The minimum atomic E-state index is -4.80. The molecule has 0 amide bonds. The number of non-ortho nitro benzene ring substituents is 1. The van der Waals surface area contributed by atoms with Gasteiger partial charge in [0.05, 0.1) is 33.0 Å². The molecule has 0 aliphatic carbocycles. The molecule has 0 aliphatic heterocycles. The minimum Gasteiger partial charge on any atom is -0.258 e. The van der Waals surface area contributed by atoms with Crippen LogP contribution in [-0.2, 0) is 19.0 Å². The van der Waals surface area contributed by atoms with E-state index in [0.717, 1.165) is 6.07 Å². The van der Waals surface area contributed by atoms with Crippen LogP contribution < -0.4 is 0 Å². The molecule has 26 heavy (non-hydrogen) atoms. The van der Waals surface area contributed by atoms with E-state index in [0.29, 0.717) is 5.56 Å². The molecule has 2 rings (SSSR count). The van der Waals surface area contributed by atoms with E-state index in [1.807, 2.05) is 6.07 Å². The first-order valence-corrected chi connectivity index (χ1v) is 8.06. The summed E-state index contributed by atoms with van der Waals surface area (Å²) in [6, 6.07) is 6.59. The maximum Gasteiger partial charge on any atom is 0.419 e. The molecular weight excluding hydrogens is 416 g/mol. The summed E-state index contributed by atoms with van der Waals surface area (Å²) in [5.41, 5.74) is -0.870. The summed E-state index contributed by atoms with van der Waals surface area (Å²) in [4.78, 5) is 10.3. The normalized spacial score (nSPS) is 11.3. The van der Waals surface area contributed by atoms with Crippen LogP contribution in [-0.4, -0.2) is 4.92 Å². The number of nitro groups is 1. The topological polar surface area (TPSA) is 66.9 Å². The highest BCUT2D eigenvalue weighted by Crippen LogP contribution is 2.44. The van der Waals surface area contributed by atoms with Gasteiger partial charge in [0.2, 0.25) is 0 Å². The van der Waals surface area contributed by atoms with Crippen LogP contribution in [0.5, 0.6) is 0 Å². The van der Waals surface area contributed by atoms with Crippen LogP contribution in [0.15, 0.2) is 24.3 Å². The number of nitriles is 1. The van der Waals surface area contributed by atoms with Crippen molar-refractivity contribution in [2.45, 2.75) is 19.0 Å². The molecule has 0 unspecified atom stereocenters. The molecule has 0 aromatic heterocycles. The number of hydrogen-bond donors (Lipinski definition) is 0. The molecule has 0 fully saturated rings. The third-order valence-corrected chi connectivity index (χ3v) is 4.64. The second-order valence-electron chi connectivity index (χ2n) is 5.23. The van der Waals surface area contributed by atoms with Crippen LogP contribution in [0.1, 0.15) is 22.3 Å². The molecule has 0 bridgehead atoms. The van der Waals surface area contributed by atoms with Gasteiger partial charge in [-0.1, -0.05) is 40.9 Å². The molecule has 0 radical (unpaired) electrons. The van der Waals surface area contributed by atoms with Gasteiger partial charge in [0.1, 0.15) is 0 Å². The smallest absolute Gasteiger partial charge is 0.258 e. The average molecular weight is 424 g/mol. The van der Waals surface area contributed by atoms with Crippen LogP contribution in [0, 0.1) is 21.4 Å². The summed E-state index contributed by atoms with van der Waals surface area (Å²) in [6.45, 7) is 0. The van der Waals surface area contributed by atoms with Crippen molar-refractivity contribution < 1.29 is 18.1 Å². The lowest BCUT2D eigenvalue weighted by Gasteiger charge is -2.17. The predicted molar refractivity (Wildman–Crippen MR) is 91.7 cm³/mol. The van der Waals surface area contributed by atoms with Gasteiger partial charge >= 0.3 is 6.18 Å². The van der Waals surface area contributed by atoms with E-state index in [-0.39, 0.29) is 34.7 Å². The maximum absolute atomic E-state index is 13.2. The monoisotopic (exact) mass is 422 g/mol. The molecule has 0 atom stereocenters. The number of hydrogen-bond acceptors (Lipinski definition) is 3. The first-order valence-electron chi connectivity index (χ1n) is 6.93. The highest BCUT2D eigenvalue weighted by molar-refractivity contribution is 6.40. The first kappa shape index (κ1) is 20.3. The van der Waals surface area contributed by atoms with Crippen molar-refractivity contribution in [2.75, 3.05) is 0 Å². The van der Waals surface area contributed by atoms with E-state index in [1.54, 1.807) is 0 Å². The van der Waals surface area contributed by atoms with Gasteiger partial charge in [0, 0.05) is 23.6 Å². The number of benzene rings is 2. The van der Waals surface area contributed by atoms with Gasteiger partial charge in [0.25, 0.3) is 5.69 Å². The van der Waals surface area contributed by atoms with E-state index in [2.05, 4.69) is 0 Å². The second kappa shape index (κ2) is 7.70. The fourth-order valence-corrected chi connectivity index (χ4v) is 3.50. The Morgan fingerprint density at radius 1 is 1.12 bits per heavy atom. The maximum atomic E-state index is 13.2. The van der Waals surface area contributed by atoms with E-state index >= 15 is 0 Å². The Kier molecular flexibility index (Phi) is 6.02. The Bertz CT molecular complexity index is 924. The molecule has 136 valence electrons. The molecule has 0 saturated carbocycles. The molecule has 0 spiro atoms. The Labute approximate surface area is 160 Å². The third kappa shape index (κ3) is 4.21. The van der Waals surface area contributed by atoms with Crippen molar-refractivity contribution in [3.05, 3.63) is 71.7 Å². The lowest BCUT2D eigenvalue weighted by atomic mass is 9.96. The number of alkyl halides is 3. The number of rotatable bonds is 4. The number of nitrogens with zero attached hydrogens (tertiary/aromatic N) is 2. The molecule has 2 aromatic rings. The van der Waals surface area contributed by atoms with E-state index in [1.165, 1.54) is 18.2 Å². The molecule has 0 aliphatic rings. The van der Waals surface area contributed by atoms with Crippen LogP contribution in [0.25, 0.3) is 0 Å². The quantitative estimate of drug-likeness (QED) is 0.432. The SMILES string of the molecule is N#CCc1ccc([N+](=O)[O-])cc1Cc1c(Cl)cc(Cl)c(C(F)(F)F)c1Cl. The minimum absolute atomic E-state index is 0.0789. The van der Waals surface area contributed by atoms with Crippen LogP contribution in [0.4, 0.5) is 18.9 Å². The van der Waals surface area contributed by atoms with Crippen molar-refractivity contribution in [1.29, 1.82) is 5.26 Å². The zero-order valence-corrected chi connectivity index (χ0v) is 15.0. The largest absolute Gasteiger partial charge is 0.419 e. The van der Waals surface area contributed by atoms with Crippen molar-refractivity contribution >= 4 is 40.5 Å². The van der Waals surface area contributed by atoms with Gasteiger partial charge in [0.15, 0.2) is 0 Å². The fraction of sp³-hybridized carbons (Fsp3) is 0.188. The second-order valence-corrected chi connectivity index (χ2v) is 6.42. The Balaban J connectivity index is 2.63. The van der Waals surface area contributed by atoms with Crippen molar-refractivity contribution in [2.24, 2.45) is 0 Å². The summed E-state index contributed by atoms with van der Waals surface area (Å²) in [5, 5.41) is 18.4. The Hall–Kier alpha value is -2.01. The lowest BCUT2D eigenvalue weighted by Crippen LogP contribution is -2.09. The zero-order chi connectivity index (χ0) is 19.6. The van der Waals surface area contributed by atoms with Crippen LogP contribution in [0.3, 0.4) is 0 Å². The van der Waals surface area contributed by atoms with Crippen LogP contribution >= 0.6 is 34.8 Å². The van der Waals surface area contributed by atoms with Gasteiger partial charge in [-0.05, 0) is 22.8 Å². The average Bonchev–Trinajstić information content (AvgIpc) is 2.51. The highest BCUT2D eigenvalue weighted by Gasteiger charge is 2.37. The summed E-state index contributed by atoms with van der Waals surface area (Å²) >= 11 is 17.5. The zero-order valence-electron chi connectivity index (χ0n) is 12.7. The fourth-order valence-electron chi connectivity index (χ4n) is 2.39. The summed E-state index contributed by atoms with van der Waals surface area (Å²) in [6.07, 6.45) is -5.11. The first-order chi connectivity index (χ1) is 12.1. The van der Waals surface area contributed by atoms with Gasteiger partial charge in [-0.25, -0.2) is 0 Å². The number of nitro benzene ring substituents is 1. The van der Waals surface area contributed by atoms with Crippen molar-refractivity contribution in [3.63, 3.8) is 0 Å². The molecule has 0 heterocycles. The van der Waals surface area contributed by atoms with Gasteiger partial charge < -0.3 is 0 Å². The van der Waals surface area contributed by atoms with Crippen molar-refractivity contribution in [1.82, 2.24) is 0 Å². The van der Waals surface area contributed by atoms with E-state index < -0.39 is 26.7 Å². The Morgan fingerprint density at radius 2 is 1.77 bits per heavy atom. The lowest BCUT2D eigenvalue weighted by molar-refractivity contribution is -0.384. The van der Waals surface area contributed by atoms with Gasteiger partial charge in [-0.15, -0.1) is 0 Å². The summed E-state index contributed by atoms with van der Waals surface area (Å²) < 4.78 is 39.6. The molecular formula is C16H8Cl3F3N2O2. The predicted octanol–water partition coefficient (Wildman–Crippen LogP) is 6.23. The molecule has 10 heteroatoms. The number of halogens is 6. The van der Waals surface area contributed by atoms with E-state index in [9.17, 15) is 23.3 Å². The van der Waals surface area contributed by atoms with Crippen molar-refractivity contribution in [3.8, 4) is 6.07 Å². The highest BCUT2D eigenvalue weighted by atomic mass is 35.5. The van der Waals surface area contributed by atoms with Gasteiger partial charge in [-0.2, -0.15) is 18.4 Å². The Morgan fingerprint density at radius 3 is 2.31 bits per heavy atom. The standard InChI is InChI=1S/C16H8Cl3F3N2O2/c17-12-7-13(18)14(16(20,21)22)15(19)11(12)6-9-5-10(24(25)26)2-1-8(9)3-4-23/h1-2,5,7H,3,6H2. The summed E-state index contributed by atoms with van der Waals surface area (Å²) in [5.74, 6) is 0. The van der Waals surface area contributed by atoms with Crippen LogP contribution in [0.2, 0.25) is 15.1 Å². The third-order valence-electron chi connectivity index (χ3n) is 3.59. The summed E-state index contributed by atoms with van der Waals surface area (Å²) in [7, 11) is 0.